The van der Waals surface area contributed by atoms with E-state index in [4.69, 9.17) is 28.2 Å². The quantitative estimate of drug-likeness (QED) is 0.628. The summed E-state index contributed by atoms with van der Waals surface area (Å²) < 4.78 is 2.06. The monoisotopic (exact) mass is 378 g/mol. The Morgan fingerprint density at radius 3 is 2.67 bits per heavy atom. The van der Waals surface area contributed by atoms with Gasteiger partial charge in [0.25, 0.3) is 0 Å². The number of nitrogens with zero attached hydrogens (tertiary/aromatic N) is 4. The van der Waals surface area contributed by atoms with E-state index in [1.165, 1.54) is 31.0 Å². The van der Waals surface area contributed by atoms with Crippen LogP contribution in [0.2, 0.25) is 10.0 Å². The molecule has 0 radical (unpaired) electrons. The van der Waals surface area contributed by atoms with Gasteiger partial charge in [-0.05, 0) is 31.4 Å². The van der Waals surface area contributed by atoms with E-state index in [0.717, 1.165) is 34.5 Å². The summed E-state index contributed by atoms with van der Waals surface area (Å²) in [6.45, 7) is 2.10. The molecule has 0 spiro atoms. The Morgan fingerprint density at radius 2 is 1.83 bits per heavy atom. The Hall–Kier alpha value is -1.43. The molecular weight excluding hydrogens is 363 g/mol. The van der Waals surface area contributed by atoms with Gasteiger partial charge in [0, 0.05) is 36.6 Å². The summed E-state index contributed by atoms with van der Waals surface area (Å²) in [5.41, 5.74) is 0.895. The summed E-state index contributed by atoms with van der Waals surface area (Å²) in [7, 11) is 0. The molecule has 0 aliphatic carbocycles. The van der Waals surface area contributed by atoms with Gasteiger partial charge in [0.15, 0.2) is 5.65 Å². The standard InChI is InChI=1S/C17H16Cl2N4S/c18-12-5-4-6-13(15(12)19)24-14-11-21-17(22-8-2-1-3-9-22)23-10-7-20-16(14)23/h4-7,10-11H,1-3,8-9H2. The number of rotatable bonds is 3. The third kappa shape index (κ3) is 2.96. The van der Waals surface area contributed by atoms with Gasteiger partial charge < -0.3 is 4.90 Å². The van der Waals surface area contributed by atoms with E-state index in [-0.39, 0.29) is 0 Å². The van der Waals surface area contributed by atoms with Gasteiger partial charge in [-0.15, -0.1) is 0 Å². The zero-order chi connectivity index (χ0) is 16.5. The summed E-state index contributed by atoms with van der Waals surface area (Å²) >= 11 is 14.0. The van der Waals surface area contributed by atoms with Crippen LogP contribution >= 0.6 is 35.0 Å². The predicted octanol–water partition coefficient (Wildman–Crippen LogP) is 5.18. The van der Waals surface area contributed by atoms with Crippen LogP contribution in [0.4, 0.5) is 5.95 Å². The largest absolute Gasteiger partial charge is 0.342 e. The first-order valence-electron chi connectivity index (χ1n) is 7.93. The molecule has 3 aromatic rings. The van der Waals surface area contributed by atoms with Crippen LogP contribution in [-0.4, -0.2) is 27.5 Å². The van der Waals surface area contributed by atoms with E-state index in [1.807, 2.05) is 30.7 Å². The molecule has 1 aliphatic rings. The Morgan fingerprint density at radius 1 is 1.00 bits per heavy atom. The lowest BCUT2D eigenvalue weighted by Crippen LogP contribution is -2.31. The Kier molecular flexibility index (Phi) is 4.57. The minimum absolute atomic E-state index is 0.555. The van der Waals surface area contributed by atoms with Gasteiger partial charge in [-0.2, -0.15) is 0 Å². The number of imidazole rings is 1. The Bertz CT molecular complexity index is 874. The fourth-order valence-corrected chi connectivity index (χ4v) is 4.37. The van der Waals surface area contributed by atoms with Crippen LogP contribution in [-0.2, 0) is 0 Å². The molecule has 0 N–H and O–H groups in total. The van der Waals surface area contributed by atoms with Gasteiger partial charge in [0.1, 0.15) is 0 Å². The van der Waals surface area contributed by atoms with Crippen LogP contribution in [0.25, 0.3) is 5.65 Å². The van der Waals surface area contributed by atoms with Crippen molar-refractivity contribution >= 4 is 46.6 Å². The molecule has 1 saturated heterocycles. The van der Waals surface area contributed by atoms with Crippen molar-refractivity contribution in [3.8, 4) is 0 Å². The van der Waals surface area contributed by atoms with Crippen molar-refractivity contribution in [2.45, 2.75) is 29.1 Å². The van der Waals surface area contributed by atoms with Gasteiger partial charge in [0.2, 0.25) is 5.95 Å². The zero-order valence-electron chi connectivity index (χ0n) is 13.0. The lowest BCUT2D eigenvalue weighted by atomic mass is 10.1. The minimum Gasteiger partial charge on any atom is -0.342 e. The normalized spacial score (nSPS) is 15.2. The highest BCUT2D eigenvalue weighted by atomic mass is 35.5. The lowest BCUT2D eigenvalue weighted by molar-refractivity contribution is 0.565. The van der Waals surface area contributed by atoms with E-state index in [2.05, 4.69) is 14.3 Å². The van der Waals surface area contributed by atoms with E-state index in [0.29, 0.717) is 10.0 Å². The molecule has 3 heterocycles. The maximum Gasteiger partial charge on any atom is 0.211 e. The number of piperidine rings is 1. The van der Waals surface area contributed by atoms with Crippen LogP contribution in [0.3, 0.4) is 0 Å². The third-order valence-corrected chi connectivity index (χ3v) is 6.15. The molecule has 1 aliphatic heterocycles. The molecule has 0 bridgehead atoms. The second-order valence-corrected chi connectivity index (χ2v) is 7.61. The molecule has 0 amide bonds. The fraction of sp³-hybridized carbons (Fsp3) is 0.294. The maximum atomic E-state index is 6.31. The molecule has 24 heavy (non-hydrogen) atoms. The summed E-state index contributed by atoms with van der Waals surface area (Å²) in [6.07, 6.45) is 9.39. The molecule has 0 unspecified atom stereocenters. The number of anilines is 1. The first-order valence-corrected chi connectivity index (χ1v) is 9.50. The maximum absolute atomic E-state index is 6.31. The van der Waals surface area contributed by atoms with Crippen molar-refractivity contribution in [1.82, 2.24) is 14.4 Å². The SMILES string of the molecule is Clc1cccc(Sc2cnc(N3CCCCC3)n3ccnc23)c1Cl. The molecule has 0 saturated carbocycles. The molecule has 2 aromatic heterocycles. The highest BCUT2D eigenvalue weighted by molar-refractivity contribution is 7.99. The van der Waals surface area contributed by atoms with Gasteiger partial charge in [-0.25, -0.2) is 9.97 Å². The average Bonchev–Trinajstić information content (AvgIpc) is 3.10. The fourth-order valence-electron chi connectivity index (χ4n) is 2.96. The minimum atomic E-state index is 0.555. The zero-order valence-corrected chi connectivity index (χ0v) is 15.3. The Balaban J connectivity index is 1.72. The summed E-state index contributed by atoms with van der Waals surface area (Å²) in [4.78, 5) is 13.4. The second kappa shape index (κ2) is 6.82. The van der Waals surface area contributed by atoms with Crippen molar-refractivity contribution in [2.75, 3.05) is 18.0 Å². The molecule has 4 nitrogen and oxygen atoms in total. The smallest absolute Gasteiger partial charge is 0.211 e. The van der Waals surface area contributed by atoms with Crippen molar-refractivity contribution < 1.29 is 0 Å². The van der Waals surface area contributed by atoms with E-state index < -0.39 is 0 Å². The third-order valence-electron chi connectivity index (χ3n) is 4.15. The van der Waals surface area contributed by atoms with Crippen molar-refractivity contribution in [3.05, 3.63) is 46.8 Å². The van der Waals surface area contributed by atoms with E-state index in [1.54, 1.807) is 6.07 Å². The molecule has 1 fully saturated rings. The number of fused-ring (bicyclic) bond motifs is 1. The highest BCUT2D eigenvalue weighted by Crippen LogP contribution is 2.38. The van der Waals surface area contributed by atoms with Gasteiger partial charge in [0.05, 0.1) is 14.9 Å². The van der Waals surface area contributed by atoms with Crippen LogP contribution in [0.15, 0.2) is 46.6 Å². The lowest BCUT2D eigenvalue weighted by Gasteiger charge is -2.28. The number of benzene rings is 1. The number of hydrogen-bond donors (Lipinski definition) is 0. The van der Waals surface area contributed by atoms with Crippen molar-refractivity contribution in [2.24, 2.45) is 0 Å². The van der Waals surface area contributed by atoms with Crippen LogP contribution in [0.5, 0.6) is 0 Å². The van der Waals surface area contributed by atoms with Gasteiger partial charge in [-0.3, -0.25) is 4.40 Å². The second-order valence-electron chi connectivity index (χ2n) is 5.75. The molecular formula is C17H16Cl2N4S. The molecule has 124 valence electrons. The van der Waals surface area contributed by atoms with Gasteiger partial charge in [-0.1, -0.05) is 41.0 Å². The molecule has 7 heteroatoms. The first kappa shape index (κ1) is 16.1. The van der Waals surface area contributed by atoms with Crippen molar-refractivity contribution in [3.63, 3.8) is 0 Å². The topological polar surface area (TPSA) is 33.4 Å². The van der Waals surface area contributed by atoms with E-state index in [9.17, 15) is 0 Å². The van der Waals surface area contributed by atoms with Crippen LogP contribution in [0, 0.1) is 0 Å². The summed E-state index contributed by atoms with van der Waals surface area (Å²) in [5, 5.41) is 1.12. The molecule has 1 aromatic carbocycles. The first-order chi connectivity index (χ1) is 11.7. The summed E-state index contributed by atoms with van der Waals surface area (Å²) in [6, 6.07) is 5.64. The van der Waals surface area contributed by atoms with Gasteiger partial charge >= 0.3 is 0 Å². The van der Waals surface area contributed by atoms with E-state index >= 15 is 0 Å². The predicted molar refractivity (Wildman–Crippen MR) is 99.6 cm³/mol. The summed E-state index contributed by atoms with van der Waals surface area (Å²) in [5.74, 6) is 0.962. The Labute approximate surface area is 154 Å². The number of halogens is 2. The van der Waals surface area contributed by atoms with Crippen LogP contribution in [0.1, 0.15) is 19.3 Å². The average molecular weight is 379 g/mol. The number of aromatic nitrogens is 3. The number of hydrogen-bond acceptors (Lipinski definition) is 4. The molecule has 0 atom stereocenters. The van der Waals surface area contributed by atoms with Crippen molar-refractivity contribution in [1.29, 1.82) is 0 Å². The molecule has 4 rings (SSSR count). The highest BCUT2D eigenvalue weighted by Gasteiger charge is 2.18. The van der Waals surface area contributed by atoms with Crippen LogP contribution < -0.4 is 4.90 Å².